The average Bonchev–Trinajstić information content (AvgIpc) is 3.23. The Morgan fingerprint density at radius 1 is 0.475 bits per heavy atom. The molecule has 0 bridgehead atoms. The summed E-state index contributed by atoms with van der Waals surface area (Å²) in [6.45, 7) is 6.47. The van der Waals surface area contributed by atoms with Gasteiger partial charge in [0.05, 0.1) is 25.2 Å². The van der Waals surface area contributed by atoms with Gasteiger partial charge in [-0.3, -0.25) is 9.59 Å². The van der Waals surface area contributed by atoms with Gasteiger partial charge in [-0.2, -0.15) is 0 Å². The van der Waals surface area contributed by atoms with Crippen LogP contribution in [0.4, 0.5) is 0 Å². The summed E-state index contributed by atoms with van der Waals surface area (Å²) in [7, 11) is 0. The Morgan fingerprint density at radius 3 is 1.25 bits per heavy atom. The maximum absolute atomic E-state index is 13.2. The molecule has 3 atom stereocenters. The van der Waals surface area contributed by atoms with E-state index in [0.717, 1.165) is 57.8 Å². The highest BCUT2D eigenvalue weighted by Gasteiger charge is 2.24. The lowest BCUT2D eigenvalue weighted by molar-refractivity contribution is -0.151. The van der Waals surface area contributed by atoms with Gasteiger partial charge in [-0.25, -0.2) is 0 Å². The molecule has 0 fully saturated rings. The number of carbonyl (C=O) groups excluding carboxylic acids is 2. The number of allylic oxidation sites excluding steroid dienone is 4. The van der Waals surface area contributed by atoms with Crippen molar-refractivity contribution in [3.63, 3.8) is 0 Å². The standard InChI is InChI=1S/C53H101NO5/c1-4-7-10-13-16-19-22-25-26-28-31-34-37-40-43-46-53(58)59-49(44-41-38-35-32-29-24-21-18-15-12-9-6-3)47-52(57)54-50(48-55)51(56)45-42-39-36-33-30-27-23-20-17-14-11-8-5-2/h19,22,32,35,49-51,55-56H,4-18,20-21,23-31,33-34,36-48H2,1-3H3,(H,54,57)/b22-19-,35-32-. The third kappa shape index (κ3) is 42.8. The zero-order valence-electron chi connectivity index (χ0n) is 39.7. The SMILES string of the molecule is CCCCCC/C=C\CCCCCCCCCC(=O)OC(CCC/C=C\CCCCCCCCC)CC(=O)NC(CO)C(O)CCCCCCCCCCCCCCC. The van der Waals surface area contributed by atoms with E-state index in [9.17, 15) is 19.8 Å². The molecule has 0 spiro atoms. The topological polar surface area (TPSA) is 95.9 Å². The first-order chi connectivity index (χ1) is 29.0. The van der Waals surface area contributed by atoms with Crippen LogP contribution >= 0.6 is 0 Å². The second kappa shape index (κ2) is 47.4. The molecule has 0 aromatic carbocycles. The fourth-order valence-corrected chi connectivity index (χ4v) is 8.01. The number of hydrogen-bond acceptors (Lipinski definition) is 5. The van der Waals surface area contributed by atoms with Gasteiger partial charge in [-0.05, 0) is 70.6 Å². The number of nitrogens with one attached hydrogen (secondary N) is 1. The molecule has 0 radical (unpaired) electrons. The second-order valence-corrected chi connectivity index (χ2v) is 17.9. The fraction of sp³-hybridized carbons (Fsp3) is 0.887. The fourth-order valence-electron chi connectivity index (χ4n) is 8.01. The molecule has 0 aliphatic carbocycles. The highest BCUT2D eigenvalue weighted by molar-refractivity contribution is 5.77. The van der Waals surface area contributed by atoms with E-state index < -0.39 is 18.2 Å². The molecule has 348 valence electrons. The van der Waals surface area contributed by atoms with Gasteiger partial charge in [-0.15, -0.1) is 0 Å². The number of esters is 1. The molecule has 6 heteroatoms. The molecule has 0 saturated carbocycles. The van der Waals surface area contributed by atoms with Crippen LogP contribution in [0.1, 0.15) is 278 Å². The summed E-state index contributed by atoms with van der Waals surface area (Å²) in [5, 5.41) is 23.7. The normalized spacial score (nSPS) is 13.4. The summed E-state index contributed by atoms with van der Waals surface area (Å²) in [5.41, 5.74) is 0. The number of carbonyl (C=O) groups is 2. The van der Waals surface area contributed by atoms with E-state index in [0.29, 0.717) is 19.3 Å². The van der Waals surface area contributed by atoms with Crippen molar-refractivity contribution in [2.24, 2.45) is 0 Å². The maximum Gasteiger partial charge on any atom is 0.306 e. The van der Waals surface area contributed by atoms with Crippen molar-refractivity contribution in [3.8, 4) is 0 Å². The minimum Gasteiger partial charge on any atom is -0.462 e. The predicted molar refractivity (Wildman–Crippen MR) is 255 cm³/mol. The molecular weight excluding hydrogens is 731 g/mol. The Morgan fingerprint density at radius 2 is 0.831 bits per heavy atom. The van der Waals surface area contributed by atoms with Crippen LogP contribution in [0.5, 0.6) is 0 Å². The zero-order chi connectivity index (χ0) is 43.1. The molecule has 1 amide bonds. The number of aliphatic hydroxyl groups is 2. The van der Waals surface area contributed by atoms with E-state index in [1.807, 2.05) is 0 Å². The van der Waals surface area contributed by atoms with Crippen molar-refractivity contribution < 1.29 is 24.5 Å². The summed E-state index contributed by atoms with van der Waals surface area (Å²) in [6.07, 6.45) is 53.8. The lowest BCUT2D eigenvalue weighted by Crippen LogP contribution is -2.46. The van der Waals surface area contributed by atoms with Gasteiger partial charge in [0, 0.05) is 6.42 Å². The van der Waals surface area contributed by atoms with E-state index in [-0.39, 0.29) is 24.9 Å². The highest BCUT2D eigenvalue weighted by Crippen LogP contribution is 2.17. The second-order valence-electron chi connectivity index (χ2n) is 17.9. The molecular formula is C53H101NO5. The van der Waals surface area contributed by atoms with Crippen LogP contribution in [-0.4, -0.2) is 46.9 Å². The number of hydrogen-bond donors (Lipinski definition) is 3. The van der Waals surface area contributed by atoms with Crippen molar-refractivity contribution >= 4 is 11.9 Å². The number of rotatable bonds is 47. The summed E-state index contributed by atoms with van der Waals surface area (Å²) < 4.78 is 5.91. The Labute approximate surface area is 367 Å². The predicted octanol–water partition coefficient (Wildman–Crippen LogP) is 15.5. The summed E-state index contributed by atoms with van der Waals surface area (Å²) in [5.74, 6) is -0.497. The Balaban J connectivity index is 4.56. The van der Waals surface area contributed by atoms with E-state index in [4.69, 9.17) is 4.74 Å². The van der Waals surface area contributed by atoms with Gasteiger partial charge in [-0.1, -0.05) is 218 Å². The number of unbranched alkanes of at least 4 members (excludes halogenated alkanes) is 31. The minimum atomic E-state index is -0.791. The van der Waals surface area contributed by atoms with Gasteiger partial charge in [0.2, 0.25) is 5.91 Å². The van der Waals surface area contributed by atoms with Gasteiger partial charge in [0.1, 0.15) is 6.10 Å². The summed E-state index contributed by atoms with van der Waals surface area (Å²) in [6, 6.07) is -0.706. The van der Waals surface area contributed by atoms with Crippen molar-refractivity contribution in [1.82, 2.24) is 5.32 Å². The van der Waals surface area contributed by atoms with Crippen LogP contribution in [0.15, 0.2) is 24.3 Å². The van der Waals surface area contributed by atoms with Crippen LogP contribution in [0.3, 0.4) is 0 Å². The average molecular weight is 832 g/mol. The Bertz CT molecular complexity index is 935. The molecule has 0 heterocycles. The molecule has 59 heavy (non-hydrogen) atoms. The van der Waals surface area contributed by atoms with E-state index in [2.05, 4.69) is 50.4 Å². The van der Waals surface area contributed by atoms with E-state index in [1.54, 1.807) is 0 Å². The molecule has 6 nitrogen and oxygen atoms in total. The van der Waals surface area contributed by atoms with Gasteiger partial charge in [0.25, 0.3) is 0 Å². The van der Waals surface area contributed by atoms with Crippen LogP contribution < -0.4 is 5.32 Å². The molecule has 0 aliphatic rings. The third-order valence-electron chi connectivity index (χ3n) is 12.0. The molecule has 0 rings (SSSR count). The lowest BCUT2D eigenvalue weighted by Gasteiger charge is -2.24. The smallest absolute Gasteiger partial charge is 0.306 e. The summed E-state index contributed by atoms with van der Waals surface area (Å²) in [4.78, 5) is 26.1. The van der Waals surface area contributed by atoms with Crippen molar-refractivity contribution in [3.05, 3.63) is 24.3 Å². The van der Waals surface area contributed by atoms with E-state index in [1.165, 1.54) is 173 Å². The molecule has 0 saturated heterocycles. The third-order valence-corrected chi connectivity index (χ3v) is 12.0. The minimum absolute atomic E-state index is 0.0590. The number of amides is 1. The van der Waals surface area contributed by atoms with Crippen molar-refractivity contribution in [1.29, 1.82) is 0 Å². The first-order valence-electron chi connectivity index (χ1n) is 26.1. The zero-order valence-corrected chi connectivity index (χ0v) is 39.7. The molecule has 3 unspecified atom stereocenters. The molecule has 0 aromatic heterocycles. The highest BCUT2D eigenvalue weighted by atomic mass is 16.5. The first kappa shape index (κ1) is 57.3. The van der Waals surface area contributed by atoms with E-state index >= 15 is 0 Å². The molecule has 3 N–H and O–H groups in total. The molecule has 0 aliphatic heterocycles. The monoisotopic (exact) mass is 832 g/mol. The first-order valence-corrected chi connectivity index (χ1v) is 26.1. The Kier molecular flexibility index (Phi) is 46.1. The lowest BCUT2D eigenvalue weighted by atomic mass is 10.0. The van der Waals surface area contributed by atoms with Crippen LogP contribution in [0.25, 0.3) is 0 Å². The van der Waals surface area contributed by atoms with Gasteiger partial charge >= 0.3 is 5.97 Å². The quantitative estimate of drug-likeness (QED) is 0.0322. The van der Waals surface area contributed by atoms with Crippen LogP contribution in [-0.2, 0) is 14.3 Å². The number of ether oxygens (including phenoxy) is 1. The van der Waals surface area contributed by atoms with Crippen LogP contribution in [0.2, 0.25) is 0 Å². The van der Waals surface area contributed by atoms with Crippen LogP contribution in [0, 0.1) is 0 Å². The van der Waals surface area contributed by atoms with Crippen molar-refractivity contribution in [2.75, 3.05) is 6.61 Å². The maximum atomic E-state index is 13.2. The Hall–Kier alpha value is -1.66. The summed E-state index contributed by atoms with van der Waals surface area (Å²) >= 11 is 0. The molecule has 0 aromatic rings. The van der Waals surface area contributed by atoms with Gasteiger partial charge < -0.3 is 20.3 Å². The van der Waals surface area contributed by atoms with Gasteiger partial charge in [0.15, 0.2) is 0 Å². The largest absolute Gasteiger partial charge is 0.462 e. The van der Waals surface area contributed by atoms with Crippen molar-refractivity contribution in [2.45, 2.75) is 296 Å². The number of aliphatic hydroxyl groups excluding tert-OH is 2.